The molecule has 0 atom stereocenters. The lowest BCUT2D eigenvalue weighted by Crippen LogP contribution is -2.38. The van der Waals surface area contributed by atoms with Gasteiger partial charge in [0.05, 0.1) is 18.2 Å². The van der Waals surface area contributed by atoms with E-state index in [1.54, 1.807) is 23.9 Å². The molecule has 25 heavy (non-hydrogen) atoms. The van der Waals surface area contributed by atoms with Crippen LogP contribution in [0.4, 0.5) is 4.39 Å². The molecule has 0 fully saturated rings. The smallest absolute Gasteiger partial charge is 0.191 e. The lowest BCUT2D eigenvalue weighted by molar-refractivity contribution is 0.610. The van der Waals surface area contributed by atoms with E-state index in [-0.39, 0.29) is 6.54 Å². The SMILES string of the molecule is CCNC(=NCc1ccc(C#N)cc1F)NCCSc1ccccc1. The van der Waals surface area contributed by atoms with Crippen molar-refractivity contribution in [1.29, 1.82) is 5.26 Å². The second-order valence-electron chi connectivity index (χ2n) is 5.20. The van der Waals surface area contributed by atoms with Gasteiger partial charge in [0.1, 0.15) is 5.82 Å². The van der Waals surface area contributed by atoms with Gasteiger partial charge in [0.2, 0.25) is 0 Å². The van der Waals surface area contributed by atoms with Gasteiger partial charge in [0, 0.05) is 29.3 Å². The van der Waals surface area contributed by atoms with Crippen LogP contribution in [-0.2, 0) is 6.54 Å². The van der Waals surface area contributed by atoms with E-state index in [9.17, 15) is 4.39 Å². The fourth-order valence-corrected chi connectivity index (χ4v) is 2.90. The highest BCUT2D eigenvalue weighted by Crippen LogP contribution is 2.15. The molecule has 0 aliphatic rings. The van der Waals surface area contributed by atoms with Crippen molar-refractivity contribution in [3.05, 3.63) is 65.5 Å². The van der Waals surface area contributed by atoms with Crippen LogP contribution in [0.1, 0.15) is 18.1 Å². The van der Waals surface area contributed by atoms with E-state index in [2.05, 4.69) is 27.8 Å². The fourth-order valence-electron chi connectivity index (χ4n) is 2.11. The Morgan fingerprint density at radius 3 is 2.68 bits per heavy atom. The number of aliphatic imine (C=N–C) groups is 1. The summed E-state index contributed by atoms with van der Waals surface area (Å²) in [5.41, 5.74) is 0.781. The van der Waals surface area contributed by atoms with Crippen LogP contribution in [0.5, 0.6) is 0 Å². The van der Waals surface area contributed by atoms with Gasteiger partial charge in [-0.05, 0) is 31.2 Å². The first-order chi connectivity index (χ1) is 12.2. The molecule has 0 saturated carbocycles. The van der Waals surface area contributed by atoms with Gasteiger partial charge >= 0.3 is 0 Å². The van der Waals surface area contributed by atoms with Crippen molar-refractivity contribution in [2.75, 3.05) is 18.8 Å². The van der Waals surface area contributed by atoms with Crippen LogP contribution in [0.2, 0.25) is 0 Å². The van der Waals surface area contributed by atoms with Crippen LogP contribution in [0, 0.1) is 17.1 Å². The van der Waals surface area contributed by atoms with Crippen LogP contribution >= 0.6 is 11.8 Å². The predicted octanol–water partition coefficient (Wildman–Crippen LogP) is 3.54. The summed E-state index contributed by atoms with van der Waals surface area (Å²) in [5.74, 6) is 1.15. The third kappa shape index (κ3) is 6.48. The Hall–Kier alpha value is -2.52. The van der Waals surface area contributed by atoms with E-state index < -0.39 is 5.82 Å². The summed E-state index contributed by atoms with van der Waals surface area (Å²) in [6, 6.07) is 16.6. The molecular formula is C19H21FN4S. The van der Waals surface area contributed by atoms with E-state index >= 15 is 0 Å². The highest BCUT2D eigenvalue weighted by Gasteiger charge is 2.04. The van der Waals surface area contributed by atoms with Crippen molar-refractivity contribution in [3.63, 3.8) is 0 Å². The first kappa shape index (κ1) is 18.8. The number of nitrogens with zero attached hydrogens (tertiary/aromatic N) is 2. The summed E-state index contributed by atoms with van der Waals surface area (Å²) in [6.07, 6.45) is 0. The minimum absolute atomic E-state index is 0.221. The molecule has 0 heterocycles. The lowest BCUT2D eigenvalue weighted by atomic mass is 10.1. The highest BCUT2D eigenvalue weighted by molar-refractivity contribution is 7.99. The van der Waals surface area contributed by atoms with Crippen molar-refractivity contribution >= 4 is 17.7 Å². The van der Waals surface area contributed by atoms with Crippen molar-refractivity contribution in [2.45, 2.75) is 18.4 Å². The average Bonchev–Trinajstić information content (AvgIpc) is 2.64. The van der Waals surface area contributed by atoms with Gasteiger partial charge in [-0.1, -0.05) is 24.3 Å². The molecule has 0 aliphatic carbocycles. The second kappa shape index (κ2) is 10.4. The van der Waals surface area contributed by atoms with E-state index in [0.29, 0.717) is 17.1 Å². The fraction of sp³-hybridized carbons (Fsp3) is 0.263. The maximum atomic E-state index is 13.9. The molecule has 6 heteroatoms. The van der Waals surface area contributed by atoms with Gasteiger partial charge in [-0.15, -0.1) is 11.8 Å². The number of halogens is 1. The van der Waals surface area contributed by atoms with E-state index in [1.165, 1.54) is 11.0 Å². The molecule has 2 aromatic carbocycles. The third-order valence-corrected chi connectivity index (χ3v) is 4.35. The standard InChI is InChI=1S/C19H21FN4S/c1-2-22-19(23-10-11-25-17-6-4-3-5-7-17)24-14-16-9-8-15(13-21)12-18(16)20/h3-9,12H,2,10-11,14H2,1H3,(H2,22,23,24). The van der Waals surface area contributed by atoms with Gasteiger partial charge in [-0.2, -0.15) is 5.26 Å². The number of thioether (sulfide) groups is 1. The molecule has 0 saturated heterocycles. The maximum Gasteiger partial charge on any atom is 0.191 e. The number of hydrogen-bond donors (Lipinski definition) is 2. The minimum Gasteiger partial charge on any atom is -0.357 e. The largest absolute Gasteiger partial charge is 0.357 e. The molecule has 2 aromatic rings. The zero-order chi connectivity index (χ0) is 17.9. The molecule has 0 aliphatic heterocycles. The maximum absolute atomic E-state index is 13.9. The van der Waals surface area contributed by atoms with Crippen molar-refractivity contribution in [1.82, 2.24) is 10.6 Å². The molecule has 2 N–H and O–H groups in total. The number of nitrogens with one attached hydrogen (secondary N) is 2. The molecule has 0 aromatic heterocycles. The molecule has 0 spiro atoms. The zero-order valence-electron chi connectivity index (χ0n) is 14.1. The van der Waals surface area contributed by atoms with Gasteiger partial charge < -0.3 is 10.6 Å². The Kier molecular flexibility index (Phi) is 7.80. The highest BCUT2D eigenvalue weighted by atomic mass is 32.2. The van der Waals surface area contributed by atoms with Gasteiger partial charge in [0.25, 0.3) is 0 Å². The van der Waals surface area contributed by atoms with E-state index in [4.69, 9.17) is 5.26 Å². The topological polar surface area (TPSA) is 60.2 Å². The lowest BCUT2D eigenvalue weighted by Gasteiger charge is -2.11. The number of benzene rings is 2. The predicted molar refractivity (Wildman–Crippen MR) is 101 cm³/mol. The second-order valence-corrected chi connectivity index (χ2v) is 6.37. The minimum atomic E-state index is -0.404. The van der Waals surface area contributed by atoms with Crippen LogP contribution < -0.4 is 10.6 Å². The molecule has 0 radical (unpaired) electrons. The van der Waals surface area contributed by atoms with Crippen LogP contribution in [0.15, 0.2) is 58.4 Å². The van der Waals surface area contributed by atoms with Crippen molar-refractivity contribution in [2.24, 2.45) is 4.99 Å². The number of hydrogen-bond acceptors (Lipinski definition) is 3. The first-order valence-corrected chi connectivity index (χ1v) is 9.10. The quantitative estimate of drug-likeness (QED) is 0.345. The Morgan fingerprint density at radius 2 is 2.00 bits per heavy atom. The molecule has 0 unspecified atom stereocenters. The average molecular weight is 356 g/mol. The zero-order valence-corrected chi connectivity index (χ0v) is 14.9. The summed E-state index contributed by atoms with van der Waals surface area (Å²) in [7, 11) is 0. The summed E-state index contributed by atoms with van der Waals surface area (Å²) in [6.45, 7) is 3.69. The number of rotatable bonds is 7. The van der Waals surface area contributed by atoms with Gasteiger partial charge in [0.15, 0.2) is 5.96 Å². The third-order valence-electron chi connectivity index (χ3n) is 3.34. The number of nitriles is 1. The summed E-state index contributed by atoms with van der Waals surface area (Å²) in [4.78, 5) is 5.63. The summed E-state index contributed by atoms with van der Waals surface area (Å²) in [5, 5.41) is 15.2. The Balaban J connectivity index is 1.86. The number of guanidine groups is 1. The first-order valence-electron chi connectivity index (χ1n) is 8.11. The molecule has 0 bridgehead atoms. The van der Waals surface area contributed by atoms with Crippen LogP contribution in [0.3, 0.4) is 0 Å². The molecule has 4 nitrogen and oxygen atoms in total. The van der Waals surface area contributed by atoms with Crippen molar-refractivity contribution < 1.29 is 4.39 Å². The molecule has 2 rings (SSSR count). The van der Waals surface area contributed by atoms with Gasteiger partial charge in [-0.3, -0.25) is 0 Å². The van der Waals surface area contributed by atoms with E-state index in [1.807, 2.05) is 31.2 Å². The van der Waals surface area contributed by atoms with Gasteiger partial charge in [-0.25, -0.2) is 9.38 Å². The normalized spacial score (nSPS) is 11.0. The van der Waals surface area contributed by atoms with Crippen LogP contribution in [-0.4, -0.2) is 24.8 Å². The Morgan fingerprint density at radius 1 is 1.20 bits per heavy atom. The van der Waals surface area contributed by atoms with Crippen LogP contribution in [0.25, 0.3) is 0 Å². The summed E-state index contributed by atoms with van der Waals surface area (Å²) < 4.78 is 13.9. The Labute approximate surface area is 152 Å². The molecule has 0 amide bonds. The van der Waals surface area contributed by atoms with E-state index in [0.717, 1.165) is 18.8 Å². The molecular weight excluding hydrogens is 335 g/mol. The monoisotopic (exact) mass is 356 g/mol. The summed E-state index contributed by atoms with van der Waals surface area (Å²) >= 11 is 1.77. The molecule has 130 valence electrons. The van der Waals surface area contributed by atoms with Crippen molar-refractivity contribution in [3.8, 4) is 6.07 Å². The Bertz CT molecular complexity index is 741.